The first kappa shape index (κ1) is 23.1. The number of hydrogen-bond acceptors (Lipinski definition) is 5. The average Bonchev–Trinajstić information content (AvgIpc) is 2.92. The molecule has 0 fully saturated rings. The summed E-state index contributed by atoms with van der Waals surface area (Å²) in [4.78, 5) is 26.5. The maximum absolute atomic E-state index is 13.9. The zero-order valence-electron chi connectivity index (χ0n) is 20.0. The summed E-state index contributed by atoms with van der Waals surface area (Å²) in [6.07, 6.45) is 1.38. The molecule has 1 aromatic heterocycles. The maximum atomic E-state index is 13.9. The van der Waals surface area contributed by atoms with Crippen molar-refractivity contribution in [2.45, 2.75) is 25.9 Å². The number of aromatic nitrogens is 2. The Kier molecular flexibility index (Phi) is 6.00. The Hall–Kier alpha value is -4.33. The Bertz CT molecular complexity index is 1490. The van der Waals surface area contributed by atoms with Gasteiger partial charge in [-0.15, -0.1) is 0 Å². The van der Waals surface area contributed by atoms with E-state index in [9.17, 15) is 13.6 Å². The van der Waals surface area contributed by atoms with Gasteiger partial charge in [0.2, 0.25) is 11.8 Å². The van der Waals surface area contributed by atoms with Crippen LogP contribution in [0.2, 0.25) is 0 Å². The van der Waals surface area contributed by atoms with Crippen LogP contribution < -0.4 is 9.64 Å². The summed E-state index contributed by atoms with van der Waals surface area (Å²) in [7, 11) is 0. The molecule has 0 saturated carbocycles. The second kappa shape index (κ2) is 9.61. The lowest BCUT2D eigenvalue weighted by Gasteiger charge is -2.32. The first-order chi connectivity index (χ1) is 18.0. The third-order valence-electron chi connectivity index (χ3n) is 6.79. The topological polar surface area (TPSA) is 58.6 Å². The van der Waals surface area contributed by atoms with E-state index < -0.39 is 11.6 Å². The average molecular weight is 499 g/mol. The molecule has 3 aromatic carbocycles. The lowest BCUT2D eigenvalue weighted by atomic mass is 10.0. The Balaban J connectivity index is 1.35. The number of anilines is 1. The SMILES string of the molecule is O=C(c1cccc(F)c1)N1CCc2nc(N3CCc4ccccc4C3)nc(Oc3cccc(F)c3)c2C1. The molecule has 1 amide bonds. The third kappa shape index (κ3) is 4.74. The predicted molar refractivity (Wildman–Crippen MR) is 135 cm³/mol. The molecular formula is C29H24F2N4O2. The van der Waals surface area contributed by atoms with Gasteiger partial charge in [0.25, 0.3) is 5.91 Å². The quantitative estimate of drug-likeness (QED) is 0.382. The number of benzene rings is 3. The van der Waals surface area contributed by atoms with Crippen molar-refractivity contribution in [1.82, 2.24) is 14.9 Å². The van der Waals surface area contributed by atoms with Crippen molar-refractivity contribution in [3.05, 3.63) is 112 Å². The molecule has 0 unspecified atom stereocenters. The van der Waals surface area contributed by atoms with E-state index in [1.165, 1.54) is 41.5 Å². The Labute approximate surface area is 213 Å². The molecule has 0 spiro atoms. The fraction of sp³-hybridized carbons (Fsp3) is 0.207. The number of fused-ring (bicyclic) bond motifs is 2. The van der Waals surface area contributed by atoms with Crippen LogP contribution in [-0.4, -0.2) is 33.9 Å². The summed E-state index contributed by atoms with van der Waals surface area (Å²) < 4.78 is 33.7. The van der Waals surface area contributed by atoms with Crippen molar-refractivity contribution in [1.29, 1.82) is 0 Å². The zero-order chi connectivity index (χ0) is 25.4. The number of ether oxygens (including phenoxy) is 1. The molecular weight excluding hydrogens is 474 g/mol. The van der Waals surface area contributed by atoms with E-state index in [1.54, 1.807) is 23.1 Å². The Morgan fingerprint density at radius 3 is 2.41 bits per heavy atom. The Morgan fingerprint density at radius 1 is 0.811 bits per heavy atom. The number of nitrogens with zero attached hydrogens (tertiary/aromatic N) is 4. The summed E-state index contributed by atoms with van der Waals surface area (Å²) in [6, 6.07) is 19.9. The number of carbonyl (C=O) groups excluding carboxylic acids is 1. The lowest BCUT2D eigenvalue weighted by molar-refractivity contribution is 0.0731. The van der Waals surface area contributed by atoms with E-state index in [4.69, 9.17) is 14.7 Å². The number of hydrogen-bond donors (Lipinski definition) is 0. The van der Waals surface area contributed by atoms with Gasteiger partial charge in [-0.1, -0.05) is 36.4 Å². The summed E-state index contributed by atoms with van der Waals surface area (Å²) in [6.45, 7) is 2.08. The molecule has 37 heavy (non-hydrogen) atoms. The van der Waals surface area contributed by atoms with Crippen LogP contribution in [0.4, 0.5) is 14.7 Å². The van der Waals surface area contributed by atoms with Crippen molar-refractivity contribution in [2.75, 3.05) is 18.0 Å². The maximum Gasteiger partial charge on any atom is 0.254 e. The molecule has 0 saturated heterocycles. The van der Waals surface area contributed by atoms with Gasteiger partial charge in [0, 0.05) is 37.7 Å². The van der Waals surface area contributed by atoms with E-state index in [1.807, 2.05) is 12.1 Å². The van der Waals surface area contributed by atoms with Gasteiger partial charge in [-0.2, -0.15) is 4.98 Å². The van der Waals surface area contributed by atoms with Gasteiger partial charge in [0.05, 0.1) is 17.8 Å². The normalized spacial score (nSPS) is 14.6. The molecule has 186 valence electrons. The van der Waals surface area contributed by atoms with Crippen molar-refractivity contribution in [3.8, 4) is 11.6 Å². The van der Waals surface area contributed by atoms with E-state index in [-0.39, 0.29) is 18.0 Å². The first-order valence-electron chi connectivity index (χ1n) is 12.2. The zero-order valence-corrected chi connectivity index (χ0v) is 20.0. The molecule has 0 bridgehead atoms. The molecule has 0 atom stereocenters. The van der Waals surface area contributed by atoms with Crippen molar-refractivity contribution in [2.24, 2.45) is 0 Å². The Morgan fingerprint density at radius 2 is 1.59 bits per heavy atom. The largest absolute Gasteiger partial charge is 0.438 e. The van der Waals surface area contributed by atoms with Crippen molar-refractivity contribution in [3.63, 3.8) is 0 Å². The van der Waals surface area contributed by atoms with Gasteiger partial charge in [-0.05, 0) is 47.9 Å². The number of rotatable bonds is 4. The molecule has 3 heterocycles. The second-order valence-electron chi connectivity index (χ2n) is 9.24. The molecule has 6 nitrogen and oxygen atoms in total. The van der Waals surface area contributed by atoms with Gasteiger partial charge in [-0.3, -0.25) is 4.79 Å². The predicted octanol–water partition coefficient (Wildman–Crippen LogP) is 5.31. The standard InChI is InChI=1S/C29H24F2N4O2/c30-22-8-3-7-20(15-22)28(36)34-14-12-26-25(18-34)27(37-24-10-4-9-23(31)16-24)33-29(32-26)35-13-11-19-5-1-2-6-21(19)17-35/h1-10,15-16H,11-14,17-18H2. The fourth-order valence-corrected chi connectivity index (χ4v) is 4.88. The van der Waals surface area contributed by atoms with Gasteiger partial charge >= 0.3 is 0 Å². The van der Waals surface area contributed by atoms with Gasteiger partial charge in [-0.25, -0.2) is 13.8 Å². The van der Waals surface area contributed by atoms with E-state index >= 15 is 0 Å². The van der Waals surface area contributed by atoms with Crippen LogP contribution in [0.1, 0.15) is 32.7 Å². The molecule has 4 aromatic rings. The first-order valence-corrected chi connectivity index (χ1v) is 12.2. The summed E-state index contributed by atoms with van der Waals surface area (Å²) in [5.41, 5.74) is 4.29. The smallest absolute Gasteiger partial charge is 0.254 e. The summed E-state index contributed by atoms with van der Waals surface area (Å²) in [5, 5.41) is 0. The van der Waals surface area contributed by atoms with Crippen LogP contribution in [-0.2, 0) is 25.9 Å². The second-order valence-corrected chi connectivity index (χ2v) is 9.24. The van der Waals surface area contributed by atoms with E-state index in [0.29, 0.717) is 42.7 Å². The molecule has 0 aliphatic carbocycles. The highest BCUT2D eigenvalue weighted by atomic mass is 19.1. The number of carbonyl (C=O) groups is 1. The summed E-state index contributed by atoms with van der Waals surface area (Å²) >= 11 is 0. The van der Waals surface area contributed by atoms with Gasteiger partial charge < -0.3 is 14.5 Å². The van der Waals surface area contributed by atoms with E-state index in [0.717, 1.165) is 18.7 Å². The van der Waals surface area contributed by atoms with Crippen molar-refractivity contribution >= 4 is 11.9 Å². The molecule has 0 radical (unpaired) electrons. The highest BCUT2D eigenvalue weighted by molar-refractivity contribution is 5.94. The molecule has 2 aliphatic rings. The number of amides is 1. The fourth-order valence-electron chi connectivity index (χ4n) is 4.88. The van der Waals surface area contributed by atoms with Gasteiger partial charge in [0.15, 0.2) is 0 Å². The highest BCUT2D eigenvalue weighted by Crippen LogP contribution is 2.33. The van der Waals surface area contributed by atoms with Crippen LogP contribution in [0.3, 0.4) is 0 Å². The lowest BCUT2D eigenvalue weighted by Crippen LogP contribution is -2.38. The van der Waals surface area contributed by atoms with Crippen LogP contribution in [0.15, 0.2) is 72.8 Å². The molecule has 8 heteroatoms. The minimum Gasteiger partial charge on any atom is -0.438 e. The summed E-state index contributed by atoms with van der Waals surface area (Å²) in [5.74, 6) is -0.0144. The molecule has 6 rings (SSSR count). The van der Waals surface area contributed by atoms with Crippen LogP contribution in [0.25, 0.3) is 0 Å². The number of halogens is 2. The van der Waals surface area contributed by atoms with Crippen molar-refractivity contribution < 1.29 is 18.3 Å². The van der Waals surface area contributed by atoms with Crippen LogP contribution in [0.5, 0.6) is 11.6 Å². The minimum atomic E-state index is -0.463. The third-order valence-corrected chi connectivity index (χ3v) is 6.79. The van der Waals surface area contributed by atoms with Crippen LogP contribution >= 0.6 is 0 Å². The van der Waals surface area contributed by atoms with E-state index in [2.05, 4.69) is 17.0 Å². The monoisotopic (exact) mass is 498 g/mol. The van der Waals surface area contributed by atoms with Gasteiger partial charge in [0.1, 0.15) is 17.4 Å². The van der Waals surface area contributed by atoms with Crippen LogP contribution in [0, 0.1) is 11.6 Å². The molecule has 2 aliphatic heterocycles. The molecule has 0 N–H and O–H groups in total. The highest BCUT2D eigenvalue weighted by Gasteiger charge is 2.29. The minimum absolute atomic E-state index is 0.207.